The highest BCUT2D eigenvalue weighted by Gasteiger charge is 2.12. The molecule has 0 spiro atoms. The fourth-order valence-electron chi connectivity index (χ4n) is 2.54. The summed E-state index contributed by atoms with van der Waals surface area (Å²) in [5.74, 6) is 0.427. The number of carbonyl (C=O) groups is 1. The van der Waals surface area contributed by atoms with E-state index in [4.69, 9.17) is 4.74 Å². The van der Waals surface area contributed by atoms with Gasteiger partial charge in [-0.2, -0.15) is 0 Å². The molecule has 1 atom stereocenters. The largest absolute Gasteiger partial charge is 0.484 e. The number of amides is 1. The van der Waals surface area contributed by atoms with Gasteiger partial charge in [0.05, 0.1) is 10.9 Å². The lowest BCUT2D eigenvalue weighted by Crippen LogP contribution is -2.31. The van der Waals surface area contributed by atoms with E-state index in [0.29, 0.717) is 5.75 Å². The average Bonchev–Trinajstić information content (AvgIpc) is 2.51. The first-order chi connectivity index (χ1) is 11.6. The van der Waals surface area contributed by atoms with Crippen LogP contribution < -0.4 is 10.1 Å². The minimum atomic E-state index is -3.22. The van der Waals surface area contributed by atoms with Gasteiger partial charge in [0.25, 0.3) is 5.91 Å². The molecule has 0 unspecified atom stereocenters. The smallest absolute Gasteiger partial charge is 0.258 e. The van der Waals surface area contributed by atoms with Crippen LogP contribution in [0.2, 0.25) is 0 Å². The first kappa shape index (κ1) is 19.0. The van der Waals surface area contributed by atoms with Crippen LogP contribution in [-0.2, 0) is 14.6 Å². The number of ether oxygens (including phenoxy) is 1. The van der Waals surface area contributed by atoms with E-state index >= 15 is 0 Å². The monoisotopic (exact) mass is 361 g/mol. The van der Waals surface area contributed by atoms with Crippen molar-refractivity contribution in [2.24, 2.45) is 0 Å². The topological polar surface area (TPSA) is 72.5 Å². The van der Waals surface area contributed by atoms with Crippen LogP contribution in [0, 0.1) is 13.8 Å². The SMILES string of the molecule is Cc1cc(C)cc(OCC(=O)N[C@@H](C)c2ccc(S(C)(=O)=O)cc2)c1. The lowest BCUT2D eigenvalue weighted by molar-refractivity contribution is -0.123. The quantitative estimate of drug-likeness (QED) is 0.858. The molecule has 2 aromatic carbocycles. The van der Waals surface area contributed by atoms with Crippen LogP contribution in [0.4, 0.5) is 0 Å². The van der Waals surface area contributed by atoms with Gasteiger partial charge in [-0.15, -0.1) is 0 Å². The van der Waals surface area contributed by atoms with E-state index < -0.39 is 9.84 Å². The summed E-state index contributed by atoms with van der Waals surface area (Å²) < 4.78 is 28.5. The van der Waals surface area contributed by atoms with Crippen molar-refractivity contribution < 1.29 is 17.9 Å². The number of rotatable bonds is 6. The lowest BCUT2D eigenvalue weighted by Gasteiger charge is -2.15. The van der Waals surface area contributed by atoms with Crippen LogP contribution in [-0.4, -0.2) is 27.2 Å². The first-order valence-electron chi connectivity index (χ1n) is 7.95. The van der Waals surface area contributed by atoms with Crippen molar-refractivity contribution in [1.29, 1.82) is 0 Å². The van der Waals surface area contributed by atoms with Crippen LogP contribution >= 0.6 is 0 Å². The number of sulfone groups is 1. The number of hydrogen-bond acceptors (Lipinski definition) is 4. The molecule has 0 bridgehead atoms. The van der Waals surface area contributed by atoms with Crippen LogP contribution in [0.25, 0.3) is 0 Å². The molecule has 5 nitrogen and oxygen atoms in total. The molecule has 0 aliphatic rings. The molecule has 134 valence electrons. The van der Waals surface area contributed by atoms with Gasteiger partial charge in [-0.05, 0) is 61.7 Å². The summed E-state index contributed by atoms with van der Waals surface area (Å²) in [6, 6.07) is 12.0. The zero-order chi connectivity index (χ0) is 18.6. The molecule has 2 aromatic rings. The van der Waals surface area contributed by atoms with Crippen molar-refractivity contribution in [3.05, 3.63) is 59.2 Å². The maximum atomic E-state index is 12.1. The normalized spacial score (nSPS) is 12.5. The summed E-state index contributed by atoms with van der Waals surface area (Å²) in [7, 11) is -3.22. The van der Waals surface area contributed by atoms with Gasteiger partial charge in [-0.3, -0.25) is 4.79 Å². The van der Waals surface area contributed by atoms with E-state index in [-0.39, 0.29) is 23.5 Å². The fraction of sp³-hybridized carbons (Fsp3) is 0.316. The molecule has 0 saturated carbocycles. The molecule has 0 heterocycles. The number of nitrogens with one attached hydrogen (secondary N) is 1. The second kappa shape index (κ2) is 7.70. The Bertz CT molecular complexity index is 837. The van der Waals surface area contributed by atoms with Crippen molar-refractivity contribution >= 4 is 15.7 Å². The van der Waals surface area contributed by atoms with Gasteiger partial charge in [-0.25, -0.2) is 8.42 Å². The summed E-state index contributed by atoms with van der Waals surface area (Å²) in [5.41, 5.74) is 2.98. The Morgan fingerprint density at radius 2 is 1.64 bits per heavy atom. The minimum absolute atomic E-state index is 0.0747. The van der Waals surface area contributed by atoms with Crippen LogP contribution in [0.5, 0.6) is 5.75 Å². The van der Waals surface area contributed by atoms with E-state index in [0.717, 1.165) is 22.9 Å². The third-order valence-electron chi connectivity index (χ3n) is 3.75. The van der Waals surface area contributed by atoms with Crippen molar-refractivity contribution in [2.45, 2.75) is 31.7 Å². The Kier molecular flexibility index (Phi) is 5.85. The summed E-state index contributed by atoms with van der Waals surface area (Å²) in [5, 5.41) is 2.84. The highest BCUT2D eigenvalue weighted by Crippen LogP contribution is 2.17. The summed E-state index contributed by atoms with van der Waals surface area (Å²) >= 11 is 0. The Morgan fingerprint density at radius 1 is 1.08 bits per heavy atom. The molecule has 6 heteroatoms. The third kappa shape index (κ3) is 5.60. The van der Waals surface area contributed by atoms with Crippen LogP contribution in [0.3, 0.4) is 0 Å². The van der Waals surface area contributed by atoms with E-state index in [9.17, 15) is 13.2 Å². The zero-order valence-electron chi connectivity index (χ0n) is 14.9. The highest BCUT2D eigenvalue weighted by atomic mass is 32.2. The predicted octanol–water partition coefficient (Wildman–Crippen LogP) is 2.96. The van der Waals surface area contributed by atoms with Gasteiger partial charge in [0.1, 0.15) is 5.75 Å². The van der Waals surface area contributed by atoms with Crippen molar-refractivity contribution in [3.63, 3.8) is 0 Å². The second-order valence-electron chi connectivity index (χ2n) is 6.24. The maximum absolute atomic E-state index is 12.1. The lowest BCUT2D eigenvalue weighted by atomic mass is 10.1. The molecular formula is C19H23NO4S. The van der Waals surface area contributed by atoms with Gasteiger partial charge in [0.2, 0.25) is 0 Å². The Balaban J connectivity index is 1.93. The minimum Gasteiger partial charge on any atom is -0.484 e. The molecule has 0 fully saturated rings. The molecule has 25 heavy (non-hydrogen) atoms. The van der Waals surface area contributed by atoms with Crippen LogP contribution in [0.15, 0.2) is 47.4 Å². The Labute approximate surface area is 148 Å². The van der Waals surface area contributed by atoms with Gasteiger partial charge >= 0.3 is 0 Å². The predicted molar refractivity (Wildman–Crippen MR) is 97.5 cm³/mol. The molecule has 0 radical (unpaired) electrons. The van der Waals surface area contributed by atoms with E-state index in [1.807, 2.05) is 39.0 Å². The van der Waals surface area contributed by atoms with Gasteiger partial charge in [0.15, 0.2) is 16.4 Å². The van der Waals surface area contributed by atoms with Gasteiger partial charge in [-0.1, -0.05) is 18.2 Å². The standard InChI is InChI=1S/C19H23NO4S/c1-13-9-14(2)11-17(10-13)24-12-19(21)20-15(3)16-5-7-18(8-6-16)25(4,22)23/h5-11,15H,12H2,1-4H3,(H,20,21)/t15-/m0/s1. The van der Waals surface area contributed by atoms with Gasteiger partial charge in [0, 0.05) is 6.26 Å². The second-order valence-corrected chi connectivity index (χ2v) is 8.26. The average molecular weight is 361 g/mol. The van der Waals surface area contributed by atoms with E-state index in [1.54, 1.807) is 24.3 Å². The molecule has 0 aliphatic heterocycles. The number of hydrogen-bond donors (Lipinski definition) is 1. The summed E-state index contributed by atoms with van der Waals surface area (Å²) in [6.45, 7) is 5.71. The molecule has 1 amide bonds. The van der Waals surface area contributed by atoms with Gasteiger partial charge < -0.3 is 10.1 Å². The van der Waals surface area contributed by atoms with E-state index in [2.05, 4.69) is 5.32 Å². The van der Waals surface area contributed by atoms with Crippen LogP contribution in [0.1, 0.15) is 29.7 Å². The Morgan fingerprint density at radius 3 is 2.16 bits per heavy atom. The molecule has 1 N–H and O–H groups in total. The molecule has 2 rings (SSSR count). The summed E-state index contributed by atoms with van der Waals surface area (Å²) in [4.78, 5) is 12.3. The van der Waals surface area contributed by atoms with Crippen molar-refractivity contribution in [3.8, 4) is 5.75 Å². The third-order valence-corrected chi connectivity index (χ3v) is 4.88. The number of carbonyl (C=O) groups excluding carboxylic acids is 1. The Hall–Kier alpha value is -2.34. The highest BCUT2D eigenvalue weighted by molar-refractivity contribution is 7.90. The first-order valence-corrected chi connectivity index (χ1v) is 9.85. The van der Waals surface area contributed by atoms with Crippen molar-refractivity contribution in [1.82, 2.24) is 5.32 Å². The molecule has 0 saturated heterocycles. The molecular weight excluding hydrogens is 338 g/mol. The van der Waals surface area contributed by atoms with Crippen molar-refractivity contribution in [2.75, 3.05) is 12.9 Å². The van der Waals surface area contributed by atoms with E-state index in [1.165, 1.54) is 0 Å². The number of aryl methyl sites for hydroxylation is 2. The summed E-state index contributed by atoms with van der Waals surface area (Å²) in [6.07, 6.45) is 1.16. The molecule has 0 aromatic heterocycles. The fourth-order valence-corrected chi connectivity index (χ4v) is 3.17. The molecule has 0 aliphatic carbocycles. The zero-order valence-corrected chi connectivity index (χ0v) is 15.7. The number of benzene rings is 2. The maximum Gasteiger partial charge on any atom is 0.258 e.